The molecule has 4 heteroatoms. The molecule has 1 saturated carbocycles. The average molecular weight is 272 g/mol. The van der Waals surface area contributed by atoms with Gasteiger partial charge in [0, 0.05) is 12.6 Å². The molecule has 3 unspecified atom stereocenters. The fraction of sp³-hybridized carbons (Fsp3) is 0.500. The first-order chi connectivity index (χ1) is 9.58. The zero-order valence-electron chi connectivity index (χ0n) is 11.7. The van der Waals surface area contributed by atoms with E-state index in [0.29, 0.717) is 6.54 Å². The molecule has 3 rings (SSSR count). The van der Waals surface area contributed by atoms with Gasteiger partial charge in [-0.3, -0.25) is 14.5 Å². The Labute approximate surface area is 118 Å². The van der Waals surface area contributed by atoms with Gasteiger partial charge in [-0.25, -0.2) is 0 Å². The summed E-state index contributed by atoms with van der Waals surface area (Å²) in [7, 11) is 0. The number of imide groups is 1. The lowest BCUT2D eigenvalue weighted by molar-refractivity contribution is -0.140. The topological polar surface area (TPSA) is 63.4 Å². The fourth-order valence-electron chi connectivity index (χ4n) is 3.36. The Kier molecular flexibility index (Phi) is 3.34. The molecule has 0 aromatic heterocycles. The standard InChI is InChI=1S/C16H20N2O2/c1-10-5-7-11(8-6-10)14(17)9-18-15(19)12-3-2-4-13(12)16(18)20/h5-8,12-14H,2-4,9,17H2,1H3. The number of aryl methyl sites for hydroxylation is 1. The van der Waals surface area contributed by atoms with Crippen LogP contribution in [0.2, 0.25) is 0 Å². The van der Waals surface area contributed by atoms with Gasteiger partial charge >= 0.3 is 0 Å². The van der Waals surface area contributed by atoms with E-state index >= 15 is 0 Å². The van der Waals surface area contributed by atoms with E-state index in [4.69, 9.17) is 5.73 Å². The molecule has 0 bridgehead atoms. The molecule has 2 amide bonds. The van der Waals surface area contributed by atoms with E-state index < -0.39 is 0 Å². The number of hydrogen-bond donors (Lipinski definition) is 1. The smallest absolute Gasteiger partial charge is 0.233 e. The normalized spacial score (nSPS) is 27.0. The van der Waals surface area contributed by atoms with Crippen molar-refractivity contribution in [3.63, 3.8) is 0 Å². The molecule has 106 valence electrons. The minimum atomic E-state index is -0.303. The third-order valence-corrected chi connectivity index (χ3v) is 4.57. The van der Waals surface area contributed by atoms with E-state index in [9.17, 15) is 9.59 Å². The van der Waals surface area contributed by atoms with Gasteiger partial charge in [-0.2, -0.15) is 0 Å². The quantitative estimate of drug-likeness (QED) is 0.853. The van der Waals surface area contributed by atoms with Crippen LogP contribution in [0, 0.1) is 18.8 Å². The number of rotatable bonds is 3. The van der Waals surface area contributed by atoms with E-state index in [1.54, 1.807) is 0 Å². The van der Waals surface area contributed by atoms with E-state index in [2.05, 4.69) is 0 Å². The van der Waals surface area contributed by atoms with Crippen molar-refractivity contribution in [3.8, 4) is 0 Å². The van der Waals surface area contributed by atoms with Crippen molar-refractivity contribution < 1.29 is 9.59 Å². The molecule has 2 N–H and O–H groups in total. The van der Waals surface area contributed by atoms with Crippen molar-refractivity contribution in [2.24, 2.45) is 17.6 Å². The van der Waals surface area contributed by atoms with Gasteiger partial charge in [0.25, 0.3) is 0 Å². The van der Waals surface area contributed by atoms with Crippen LogP contribution in [0.5, 0.6) is 0 Å². The molecule has 2 aliphatic rings. The number of likely N-dealkylation sites (tertiary alicyclic amines) is 1. The molecule has 1 saturated heterocycles. The minimum Gasteiger partial charge on any atom is -0.322 e. The lowest BCUT2D eigenvalue weighted by Crippen LogP contribution is -2.37. The second-order valence-electron chi connectivity index (χ2n) is 5.95. The molecule has 1 aromatic carbocycles. The minimum absolute atomic E-state index is 0.0138. The molecule has 4 nitrogen and oxygen atoms in total. The lowest BCUT2D eigenvalue weighted by Gasteiger charge is -2.21. The zero-order chi connectivity index (χ0) is 14.3. The van der Waals surface area contributed by atoms with Crippen LogP contribution < -0.4 is 5.73 Å². The molecule has 1 aliphatic heterocycles. The Balaban J connectivity index is 1.73. The van der Waals surface area contributed by atoms with Crippen LogP contribution in [-0.2, 0) is 9.59 Å². The largest absolute Gasteiger partial charge is 0.322 e. The highest BCUT2D eigenvalue weighted by Gasteiger charge is 2.49. The molecule has 1 aliphatic carbocycles. The Morgan fingerprint density at radius 2 is 1.70 bits per heavy atom. The molecule has 3 atom stereocenters. The summed E-state index contributed by atoms with van der Waals surface area (Å²) in [5, 5.41) is 0. The number of carbonyl (C=O) groups is 2. The Bertz CT molecular complexity index is 516. The summed E-state index contributed by atoms with van der Waals surface area (Å²) in [5.74, 6) is -0.180. The van der Waals surface area contributed by atoms with Gasteiger partial charge in [0.2, 0.25) is 11.8 Å². The summed E-state index contributed by atoms with van der Waals surface area (Å²) in [6.07, 6.45) is 2.70. The van der Waals surface area contributed by atoms with Crippen LogP contribution >= 0.6 is 0 Å². The second-order valence-corrected chi connectivity index (χ2v) is 5.95. The van der Waals surface area contributed by atoms with Crippen molar-refractivity contribution in [2.75, 3.05) is 6.54 Å². The van der Waals surface area contributed by atoms with Gasteiger partial charge in [-0.15, -0.1) is 0 Å². The molecule has 1 heterocycles. The summed E-state index contributed by atoms with van der Waals surface area (Å²) in [4.78, 5) is 25.9. The van der Waals surface area contributed by atoms with Crippen LogP contribution in [0.25, 0.3) is 0 Å². The highest BCUT2D eigenvalue weighted by atomic mass is 16.2. The third-order valence-electron chi connectivity index (χ3n) is 4.57. The van der Waals surface area contributed by atoms with Crippen LogP contribution in [0.15, 0.2) is 24.3 Å². The summed E-state index contributed by atoms with van der Waals surface area (Å²) in [6.45, 7) is 2.32. The van der Waals surface area contributed by atoms with Crippen LogP contribution in [0.3, 0.4) is 0 Å². The maximum atomic E-state index is 12.3. The van der Waals surface area contributed by atoms with Crippen LogP contribution in [0.1, 0.15) is 36.4 Å². The summed E-state index contributed by atoms with van der Waals surface area (Å²) >= 11 is 0. The summed E-state index contributed by atoms with van der Waals surface area (Å²) < 4.78 is 0. The number of benzene rings is 1. The maximum Gasteiger partial charge on any atom is 0.233 e. The van der Waals surface area contributed by atoms with Gasteiger partial charge in [0.05, 0.1) is 11.8 Å². The molecule has 0 radical (unpaired) electrons. The maximum absolute atomic E-state index is 12.3. The molecule has 1 aromatic rings. The molecular formula is C16H20N2O2. The van der Waals surface area contributed by atoms with Crippen molar-refractivity contribution in [1.29, 1.82) is 0 Å². The average Bonchev–Trinajstić information content (AvgIpc) is 2.99. The second kappa shape index (κ2) is 5.02. The summed E-state index contributed by atoms with van der Waals surface area (Å²) in [5.41, 5.74) is 8.29. The Morgan fingerprint density at radius 1 is 1.15 bits per heavy atom. The highest BCUT2D eigenvalue weighted by molar-refractivity contribution is 6.05. The first-order valence-corrected chi connectivity index (χ1v) is 7.25. The van der Waals surface area contributed by atoms with Crippen molar-refractivity contribution >= 4 is 11.8 Å². The van der Waals surface area contributed by atoms with Gasteiger partial charge in [-0.05, 0) is 25.3 Å². The molecule has 2 fully saturated rings. The molecular weight excluding hydrogens is 252 g/mol. The van der Waals surface area contributed by atoms with Crippen molar-refractivity contribution in [2.45, 2.75) is 32.2 Å². The fourth-order valence-corrected chi connectivity index (χ4v) is 3.36. The van der Waals surface area contributed by atoms with Gasteiger partial charge in [0.15, 0.2) is 0 Å². The van der Waals surface area contributed by atoms with E-state index in [0.717, 1.165) is 24.8 Å². The number of hydrogen-bond acceptors (Lipinski definition) is 3. The number of nitrogens with two attached hydrogens (primary N) is 1. The van der Waals surface area contributed by atoms with Gasteiger partial charge in [0.1, 0.15) is 0 Å². The number of carbonyl (C=O) groups excluding carboxylic acids is 2. The first-order valence-electron chi connectivity index (χ1n) is 7.25. The number of fused-ring (bicyclic) bond motifs is 1. The Morgan fingerprint density at radius 3 is 2.25 bits per heavy atom. The summed E-state index contributed by atoms with van der Waals surface area (Å²) in [6, 6.07) is 7.62. The predicted octanol–water partition coefficient (Wildman–Crippen LogP) is 1.78. The number of amides is 2. The van der Waals surface area contributed by atoms with E-state index in [1.807, 2.05) is 31.2 Å². The van der Waals surface area contributed by atoms with Crippen molar-refractivity contribution in [1.82, 2.24) is 4.90 Å². The zero-order valence-corrected chi connectivity index (χ0v) is 11.7. The van der Waals surface area contributed by atoms with Crippen LogP contribution in [-0.4, -0.2) is 23.3 Å². The van der Waals surface area contributed by atoms with E-state index in [-0.39, 0.29) is 29.7 Å². The highest BCUT2D eigenvalue weighted by Crippen LogP contribution is 2.40. The van der Waals surface area contributed by atoms with E-state index in [1.165, 1.54) is 10.5 Å². The number of nitrogens with zero attached hydrogens (tertiary/aromatic N) is 1. The monoisotopic (exact) mass is 272 g/mol. The molecule has 20 heavy (non-hydrogen) atoms. The first kappa shape index (κ1) is 13.3. The SMILES string of the molecule is Cc1ccc(C(N)CN2C(=O)C3CCCC3C2=O)cc1. The van der Waals surface area contributed by atoms with Crippen molar-refractivity contribution in [3.05, 3.63) is 35.4 Å². The van der Waals surface area contributed by atoms with Gasteiger partial charge in [-0.1, -0.05) is 36.2 Å². The third kappa shape index (κ3) is 2.14. The lowest BCUT2D eigenvalue weighted by atomic mass is 10.00. The predicted molar refractivity (Wildman–Crippen MR) is 75.7 cm³/mol. The van der Waals surface area contributed by atoms with Gasteiger partial charge < -0.3 is 5.73 Å². The van der Waals surface area contributed by atoms with Crippen LogP contribution in [0.4, 0.5) is 0 Å². The molecule has 0 spiro atoms. The Hall–Kier alpha value is -1.68.